The number of carbonyl (C=O) groups excluding carboxylic acids is 2. The van der Waals surface area contributed by atoms with Gasteiger partial charge in [0, 0.05) is 11.8 Å². The maximum atomic E-state index is 12.8. The molecule has 0 spiro atoms. The van der Waals surface area contributed by atoms with Gasteiger partial charge in [0.05, 0.1) is 26.4 Å². The lowest BCUT2D eigenvalue weighted by molar-refractivity contribution is -0.385. The van der Waals surface area contributed by atoms with Crippen molar-refractivity contribution in [2.75, 3.05) is 10.7 Å². The van der Waals surface area contributed by atoms with Gasteiger partial charge in [0.25, 0.3) is 17.5 Å². The number of benzene rings is 2. The number of nitro groups is 1. The Labute approximate surface area is 168 Å². The van der Waals surface area contributed by atoms with Crippen molar-refractivity contribution >= 4 is 56.5 Å². The van der Waals surface area contributed by atoms with Crippen molar-refractivity contribution in [2.45, 2.75) is 18.2 Å². The molecule has 0 N–H and O–H groups in total. The highest BCUT2D eigenvalue weighted by Crippen LogP contribution is 2.37. The Morgan fingerprint density at radius 1 is 1.21 bits per heavy atom. The molecule has 1 aromatic heterocycles. The van der Waals surface area contributed by atoms with E-state index in [2.05, 4.69) is 18.8 Å². The topological polar surface area (TPSA) is 93.4 Å². The summed E-state index contributed by atoms with van der Waals surface area (Å²) < 4.78 is 1.79. The molecule has 3 aromatic rings. The molecule has 0 atom stereocenters. The average molecular weight is 413 g/mol. The lowest BCUT2D eigenvalue weighted by Crippen LogP contribution is -2.29. The Kier molecular flexibility index (Phi) is 4.64. The molecule has 0 bridgehead atoms. The molecule has 4 rings (SSSR count). The van der Waals surface area contributed by atoms with Gasteiger partial charge >= 0.3 is 0 Å². The number of hydrogen-bond acceptors (Lipinski definition) is 7. The van der Waals surface area contributed by atoms with Gasteiger partial charge in [-0.1, -0.05) is 31.7 Å². The van der Waals surface area contributed by atoms with Crippen LogP contribution in [-0.4, -0.2) is 27.5 Å². The summed E-state index contributed by atoms with van der Waals surface area (Å²) in [6.45, 7) is 4.28. The number of thioether (sulfide) groups is 1. The predicted molar refractivity (Wildman–Crippen MR) is 109 cm³/mol. The minimum Gasteiger partial charge on any atom is -0.268 e. The first-order valence-electron chi connectivity index (χ1n) is 8.56. The molecule has 2 amide bonds. The zero-order chi connectivity index (χ0) is 20.0. The molecule has 0 radical (unpaired) electrons. The van der Waals surface area contributed by atoms with Crippen LogP contribution in [0.3, 0.4) is 0 Å². The van der Waals surface area contributed by atoms with Crippen molar-refractivity contribution in [3.05, 3.63) is 57.6 Å². The first kappa shape index (κ1) is 18.6. The van der Waals surface area contributed by atoms with Crippen LogP contribution in [0, 0.1) is 16.0 Å². The van der Waals surface area contributed by atoms with Crippen LogP contribution in [0.4, 0.5) is 11.4 Å². The number of anilines is 1. The molecule has 0 saturated carbocycles. The lowest BCUT2D eigenvalue weighted by Gasteiger charge is -2.13. The summed E-state index contributed by atoms with van der Waals surface area (Å²) in [4.78, 5) is 41.8. The standard InChI is InChI=1S/C19H15N3O4S2/c1-10(2)9-27-19-20-13-7-6-11(8-15(13)28-19)21-17(23)12-4-3-5-14(22(25)26)16(12)18(21)24/h3-8,10H,9H2,1-2H3. The highest BCUT2D eigenvalue weighted by Gasteiger charge is 2.41. The lowest BCUT2D eigenvalue weighted by atomic mass is 10.1. The van der Waals surface area contributed by atoms with Crippen molar-refractivity contribution in [2.24, 2.45) is 5.92 Å². The number of hydrogen-bond donors (Lipinski definition) is 0. The third kappa shape index (κ3) is 3.06. The van der Waals surface area contributed by atoms with Gasteiger partial charge in [-0.25, -0.2) is 9.88 Å². The highest BCUT2D eigenvalue weighted by molar-refractivity contribution is 8.01. The van der Waals surface area contributed by atoms with E-state index in [1.54, 1.807) is 30.0 Å². The number of imide groups is 1. The number of rotatable bonds is 5. The number of carbonyl (C=O) groups is 2. The van der Waals surface area contributed by atoms with Crippen molar-refractivity contribution in [1.29, 1.82) is 0 Å². The van der Waals surface area contributed by atoms with Gasteiger partial charge in [0.2, 0.25) is 0 Å². The van der Waals surface area contributed by atoms with Crippen molar-refractivity contribution in [3.8, 4) is 0 Å². The second kappa shape index (κ2) is 6.99. The Morgan fingerprint density at radius 3 is 2.71 bits per heavy atom. The van der Waals surface area contributed by atoms with Crippen LogP contribution in [0.5, 0.6) is 0 Å². The summed E-state index contributed by atoms with van der Waals surface area (Å²) >= 11 is 3.17. The van der Waals surface area contributed by atoms with E-state index in [0.29, 0.717) is 11.6 Å². The minimum absolute atomic E-state index is 0.0526. The van der Waals surface area contributed by atoms with Gasteiger partial charge in [-0.2, -0.15) is 0 Å². The maximum Gasteiger partial charge on any atom is 0.283 e. The maximum absolute atomic E-state index is 12.8. The largest absolute Gasteiger partial charge is 0.283 e. The zero-order valence-electron chi connectivity index (χ0n) is 15.0. The number of nitro benzene ring substituents is 1. The average Bonchev–Trinajstić information content (AvgIpc) is 3.18. The van der Waals surface area contributed by atoms with Crippen molar-refractivity contribution in [1.82, 2.24) is 4.98 Å². The number of nitrogens with zero attached hydrogens (tertiary/aromatic N) is 3. The number of aromatic nitrogens is 1. The van der Waals surface area contributed by atoms with Crippen LogP contribution in [0.25, 0.3) is 10.2 Å². The Morgan fingerprint density at radius 2 is 2.00 bits per heavy atom. The molecule has 7 nitrogen and oxygen atoms in total. The van der Waals surface area contributed by atoms with Gasteiger partial charge in [-0.15, -0.1) is 11.3 Å². The quantitative estimate of drug-likeness (QED) is 0.259. The van der Waals surface area contributed by atoms with Crippen LogP contribution in [0.1, 0.15) is 34.6 Å². The molecular weight excluding hydrogens is 398 g/mol. The molecule has 0 unspecified atom stereocenters. The summed E-state index contributed by atoms with van der Waals surface area (Å²) in [7, 11) is 0. The molecule has 142 valence electrons. The molecule has 0 aliphatic carbocycles. The Balaban J connectivity index is 1.72. The van der Waals surface area contributed by atoms with Gasteiger partial charge in [-0.3, -0.25) is 19.7 Å². The van der Waals surface area contributed by atoms with E-state index in [-0.39, 0.29) is 16.8 Å². The third-order valence-electron chi connectivity index (χ3n) is 4.24. The number of amides is 2. The van der Waals surface area contributed by atoms with E-state index in [1.807, 2.05) is 0 Å². The van der Waals surface area contributed by atoms with E-state index in [0.717, 1.165) is 25.2 Å². The highest BCUT2D eigenvalue weighted by atomic mass is 32.2. The van der Waals surface area contributed by atoms with E-state index < -0.39 is 16.7 Å². The van der Waals surface area contributed by atoms with Crippen LogP contribution in [-0.2, 0) is 0 Å². The summed E-state index contributed by atoms with van der Waals surface area (Å²) in [6, 6.07) is 9.23. The fourth-order valence-corrected chi connectivity index (χ4v) is 5.06. The van der Waals surface area contributed by atoms with Gasteiger partial charge in [0.1, 0.15) is 5.56 Å². The summed E-state index contributed by atoms with van der Waals surface area (Å²) in [5, 5.41) is 11.3. The zero-order valence-corrected chi connectivity index (χ0v) is 16.7. The molecular formula is C19H15N3O4S2. The number of thiazole rings is 1. The van der Waals surface area contributed by atoms with Gasteiger partial charge in [-0.05, 0) is 30.2 Å². The van der Waals surface area contributed by atoms with Crippen LogP contribution >= 0.6 is 23.1 Å². The summed E-state index contributed by atoms with van der Waals surface area (Å²) in [5.74, 6) is 0.267. The molecule has 2 aromatic carbocycles. The second-order valence-electron chi connectivity index (χ2n) is 6.74. The smallest absolute Gasteiger partial charge is 0.268 e. The monoisotopic (exact) mass is 413 g/mol. The Bertz CT molecular complexity index is 1140. The molecule has 1 aliphatic heterocycles. The second-order valence-corrected chi connectivity index (χ2v) is 9.04. The van der Waals surface area contributed by atoms with E-state index in [1.165, 1.54) is 29.5 Å². The van der Waals surface area contributed by atoms with Crippen molar-refractivity contribution in [3.63, 3.8) is 0 Å². The Hall–Kier alpha value is -2.78. The van der Waals surface area contributed by atoms with Crippen LogP contribution < -0.4 is 4.90 Å². The third-order valence-corrected chi connectivity index (χ3v) is 6.83. The van der Waals surface area contributed by atoms with E-state index in [4.69, 9.17) is 0 Å². The van der Waals surface area contributed by atoms with Crippen LogP contribution in [0.15, 0.2) is 40.7 Å². The fraction of sp³-hybridized carbons (Fsp3) is 0.211. The van der Waals surface area contributed by atoms with E-state index in [9.17, 15) is 19.7 Å². The van der Waals surface area contributed by atoms with E-state index >= 15 is 0 Å². The predicted octanol–water partition coefficient (Wildman–Crippen LogP) is 4.75. The van der Waals surface area contributed by atoms with Crippen molar-refractivity contribution < 1.29 is 14.5 Å². The summed E-state index contributed by atoms with van der Waals surface area (Å²) in [5.41, 5.74) is 0.719. The molecule has 2 heterocycles. The van der Waals surface area contributed by atoms with Gasteiger partial charge < -0.3 is 0 Å². The molecule has 28 heavy (non-hydrogen) atoms. The SMILES string of the molecule is CC(C)CSc1nc2ccc(N3C(=O)c4cccc([N+](=O)[O-])c4C3=O)cc2s1. The molecule has 9 heteroatoms. The molecule has 1 aliphatic rings. The summed E-state index contributed by atoms with van der Waals surface area (Å²) in [6.07, 6.45) is 0. The van der Waals surface area contributed by atoms with Gasteiger partial charge in [0.15, 0.2) is 4.34 Å². The first-order valence-corrected chi connectivity index (χ1v) is 10.4. The number of fused-ring (bicyclic) bond motifs is 2. The fourth-order valence-electron chi connectivity index (χ4n) is 2.99. The minimum atomic E-state index is -0.675. The first-order chi connectivity index (χ1) is 13.4. The molecule has 0 fully saturated rings. The van der Waals surface area contributed by atoms with Crippen LogP contribution in [0.2, 0.25) is 0 Å². The normalized spacial score (nSPS) is 13.6. The molecule has 0 saturated heterocycles.